The molecule has 2 atom stereocenters. The third-order valence-electron chi connectivity index (χ3n) is 4.06. The molecule has 0 fully saturated rings. The SMILES string of the molecule is NNC(Cc1cccnc1N)C1COc2ccccc2C1. The van der Waals surface area contributed by atoms with Crippen LogP contribution in [0.4, 0.5) is 5.82 Å². The van der Waals surface area contributed by atoms with Crippen molar-refractivity contribution in [1.82, 2.24) is 10.4 Å². The summed E-state index contributed by atoms with van der Waals surface area (Å²) >= 11 is 0. The number of hydrogen-bond acceptors (Lipinski definition) is 5. The number of nitrogen functional groups attached to an aromatic ring is 1. The summed E-state index contributed by atoms with van der Waals surface area (Å²) in [7, 11) is 0. The predicted octanol–water partition coefficient (Wildman–Crippen LogP) is 1.29. The summed E-state index contributed by atoms with van der Waals surface area (Å²) in [5, 5.41) is 0. The van der Waals surface area contributed by atoms with Crippen LogP contribution < -0.4 is 21.7 Å². The molecule has 110 valence electrons. The molecule has 1 aliphatic heterocycles. The molecule has 0 aliphatic carbocycles. The summed E-state index contributed by atoms with van der Waals surface area (Å²) in [6, 6.07) is 12.1. The molecular formula is C16H20N4O. The maximum absolute atomic E-state index is 5.92. The van der Waals surface area contributed by atoms with Gasteiger partial charge in [0.15, 0.2) is 0 Å². The number of fused-ring (bicyclic) bond motifs is 1. The Morgan fingerprint density at radius 2 is 2.14 bits per heavy atom. The number of hydrogen-bond donors (Lipinski definition) is 3. The highest BCUT2D eigenvalue weighted by Crippen LogP contribution is 2.29. The minimum atomic E-state index is 0.102. The van der Waals surface area contributed by atoms with Crippen molar-refractivity contribution >= 4 is 5.82 Å². The van der Waals surface area contributed by atoms with Crippen LogP contribution >= 0.6 is 0 Å². The second kappa shape index (κ2) is 6.11. The maximum atomic E-state index is 5.92. The highest BCUT2D eigenvalue weighted by Gasteiger charge is 2.27. The zero-order valence-corrected chi connectivity index (χ0v) is 11.8. The number of rotatable bonds is 4. The Labute approximate surface area is 124 Å². The Morgan fingerprint density at radius 3 is 2.95 bits per heavy atom. The zero-order valence-electron chi connectivity index (χ0n) is 11.8. The number of hydrazine groups is 1. The van der Waals surface area contributed by atoms with Crippen molar-refractivity contribution in [2.75, 3.05) is 12.3 Å². The molecule has 2 unspecified atom stereocenters. The summed E-state index contributed by atoms with van der Waals surface area (Å²) in [5.74, 6) is 7.61. The van der Waals surface area contributed by atoms with Crippen molar-refractivity contribution in [1.29, 1.82) is 0 Å². The van der Waals surface area contributed by atoms with Crippen LogP contribution in [0.2, 0.25) is 0 Å². The molecule has 1 aromatic heterocycles. The van der Waals surface area contributed by atoms with Crippen LogP contribution in [-0.4, -0.2) is 17.6 Å². The van der Waals surface area contributed by atoms with Crippen molar-refractivity contribution in [2.24, 2.45) is 11.8 Å². The van der Waals surface area contributed by atoms with E-state index in [0.29, 0.717) is 18.3 Å². The molecule has 5 N–H and O–H groups in total. The lowest BCUT2D eigenvalue weighted by Gasteiger charge is -2.31. The second-order valence-corrected chi connectivity index (χ2v) is 5.41. The van der Waals surface area contributed by atoms with Gasteiger partial charge in [0.2, 0.25) is 0 Å². The van der Waals surface area contributed by atoms with Gasteiger partial charge in [-0.15, -0.1) is 0 Å². The summed E-state index contributed by atoms with van der Waals surface area (Å²) in [6.07, 6.45) is 3.39. The zero-order chi connectivity index (χ0) is 14.7. The standard InChI is InChI=1S/C16H20N4O/c17-16-12(5-3-7-19-16)9-14(20-18)13-8-11-4-1-2-6-15(11)21-10-13/h1-7,13-14,20H,8-10,18H2,(H2,17,19). The van der Waals surface area contributed by atoms with E-state index in [1.54, 1.807) is 6.20 Å². The van der Waals surface area contributed by atoms with E-state index in [4.69, 9.17) is 16.3 Å². The molecule has 21 heavy (non-hydrogen) atoms. The molecule has 3 rings (SSSR count). The number of anilines is 1. The fraction of sp³-hybridized carbons (Fsp3) is 0.312. The summed E-state index contributed by atoms with van der Waals surface area (Å²) < 4.78 is 5.84. The monoisotopic (exact) mass is 284 g/mol. The van der Waals surface area contributed by atoms with Crippen LogP contribution in [-0.2, 0) is 12.8 Å². The highest BCUT2D eigenvalue weighted by atomic mass is 16.5. The number of ether oxygens (including phenoxy) is 1. The molecule has 2 heterocycles. The molecule has 0 radical (unpaired) electrons. The number of nitrogens with two attached hydrogens (primary N) is 2. The van der Waals surface area contributed by atoms with Crippen LogP contribution in [0.15, 0.2) is 42.6 Å². The number of nitrogens with one attached hydrogen (secondary N) is 1. The fourth-order valence-electron chi connectivity index (χ4n) is 2.83. The van der Waals surface area contributed by atoms with Gasteiger partial charge in [-0.1, -0.05) is 24.3 Å². The fourth-order valence-corrected chi connectivity index (χ4v) is 2.83. The summed E-state index contributed by atoms with van der Waals surface area (Å²) in [4.78, 5) is 4.13. The molecule has 0 spiro atoms. The van der Waals surface area contributed by atoms with Crippen LogP contribution in [0.1, 0.15) is 11.1 Å². The van der Waals surface area contributed by atoms with Crippen LogP contribution in [0, 0.1) is 5.92 Å². The Hall–Kier alpha value is -2.11. The van der Waals surface area contributed by atoms with Crippen molar-refractivity contribution in [3.05, 3.63) is 53.7 Å². The Bertz CT molecular complexity index is 617. The minimum Gasteiger partial charge on any atom is -0.493 e. The first-order valence-corrected chi connectivity index (χ1v) is 7.14. The first kappa shape index (κ1) is 13.9. The number of aromatic nitrogens is 1. The Balaban J connectivity index is 1.74. The first-order chi connectivity index (χ1) is 10.3. The van der Waals surface area contributed by atoms with Crippen LogP contribution in [0.25, 0.3) is 0 Å². The van der Waals surface area contributed by atoms with Crippen LogP contribution in [0.3, 0.4) is 0 Å². The second-order valence-electron chi connectivity index (χ2n) is 5.41. The quantitative estimate of drug-likeness (QED) is 0.582. The van der Waals surface area contributed by atoms with Crippen molar-refractivity contribution in [3.63, 3.8) is 0 Å². The molecule has 0 bridgehead atoms. The molecular weight excluding hydrogens is 264 g/mol. The third-order valence-corrected chi connectivity index (χ3v) is 4.06. The van der Waals surface area contributed by atoms with E-state index in [1.165, 1.54) is 5.56 Å². The Kier molecular flexibility index (Phi) is 4.03. The number of benzene rings is 1. The van der Waals surface area contributed by atoms with E-state index >= 15 is 0 Å². The molecule has 5 heteroatoms. The van der Waals surface area contributed by atoms with Gasteiger partial charge >= 0.3 is 0 Å². The van der Waals surface area contributed by atoms with Crippen molar-refractivity contribution in [2.45, 2.75) is 18.9 Å². The molecule has 0 saturated heterocycles. The molecule has 1 aromatic carbocycles. The van der Waals surface area contributed by atoms with E-state index in [0.717, 1.165) is 24.2 Å². The third kappa shape index (κ3) is 2.99. The first-order valence-electron chi connectivity index (χ1n) is 7.14. The smallest absolute Gasteiger partial charge is 0.126 e. The van der Waals surface area contributed by atoms with Gasteiger partial charge in [-0.05, 0) is 36.1 Å². The van der Waals surface area contributed by atoms with Gasteiger partial charge in [-0.2, -0.15) is 0 Å². The van der Waals surface area contributed by atoms with Crippen molar-refractivity contribution < 1.29 is 4.74 Å². The van der Waals surface area contributed by atoms with Crippen LogP contribution in [0.5, 0.6) is 5.75 Å². The van der Waals surface area contributed by atoms with Gasteiger partial charge in [0.05, 0.1) is 6.61 Å². The molecule has 5 nitrogen and oxygen atoms in total. The summed E-state index contributed by atoms with van der Waals surface area (Å²) in [5.41, 5.74) is 11.1. The van der Waals surface area contributed by atoms with Crippen molar-refractivity contribution in [3.8, 4) is 5.75 Å². The average Bonchev–Trinajstić information content (AvgIpc) is 2.54. The topological polar surface area (TPSA) is 86.2 Å². The predicted molar refractivity (Wildman–Crippen MR) is 82.6 cm³/mol. The number of para-hydroxylation sites is 1. The normalized spacial score (nSPS) is 18.6. The van der Waals surface area contributed by atoms with Gasteiger partial charge in [0.1, 0.15) is 11.6 Å². The van der Waals surface area contributed by atoms with Gasteiger partial charge in [0.25, 0.3) is 0 Å². The Morgan fingerprint density at radius 1 is 1.29 bits per heavy atom. The lowest BCUT2D eigenvalue weighted by atomic mass is 9.87. The minimum absolute atomic E-state index is 0.102. The molecule has 0 saturated carbocycles. The van der Waals surface area contributed by atoms with E-state index < -0.39 is 0 Å². The van der Waals surface area contributed by atoms with Gasteiger partial charge < -0.3 is 10.5 Å². The number of nitrogens with zero attached hydrogens (tertiary/aromatic N) is 1. The summed E-state index contributed by atoms with van der Waals surface area (Å²) in [6.45, 7) is 0.659. The van der Waals surface area contributed by atoms with Gasteiger partial charge in [-0.3, -0.25) is 11.3 Å². The van der Waals surface area contributed by atoms with Gasteiger partial charge in [-0.25, -0.2) is 4.98 Å². The van der Waals surface area contributed by atoms with E-state index in [-0.39, 0.29) is 6.04 Å². The highest BCUT2D eigenvalue weighted by molar-refractivity contribution is 5.39. The average molecular weight is 284 g/mol. The molecule has 1 aliphatic rings. The van der Waals surface area contributed by atoms with E-state index in [2.05, 4.69) is 16.5 Å². The number of pyridine rings is 1. The lowest BCUT2D eigenvalue weighted by Crippen LogP contribution is -2.46. The van der Waals surface area contributed by atoms with E-state index in [9.17, 15) is 0 Å². The maximum Gasteiger partial charge on any atom is 0.126 e. The van der Waals surface area contributed by atoms with E-state index in [1.807, 2.05) is 30.3 Å². The lowest BCUT2D eigenvalue weighted by molar-refractivity contribution is 0.183. The van der Waals surface area contributed by atoms with Gasteiger partial charge in [0, 0.05) is 18.2 Å². The molecule has 2 aromatic rings. The molecule has 0 amide bonds. The largest absolute Gasteiger partial charge is 0.493 e.